The van der Waals surface area contributed by atoms with E-state index in [1.54, 1.807) is 6.20 Å². The van der Waals surface area contributed by atoms with E-state index in [9.17, 15) is 0 Å². The second kappa shape index (κ2) is 4.47. The Morgan fingerprint density at radius 2 is 2.20 bits per heavy atom. The van der Waals surface area contributed by atoms with Gasteiger partial charge >= 0.3 is 0 Å². The highest BCUT2D eigenvalue weighted by Gasteiger charge is 2.21. The highest BCUT2D eigenvalue weighted by molar-refractivity contribution is 5.16. The van der Waals surface area contributed by atoms with Gasteiger partial charge in [-0.3, -0.25) is 4.98 Å². The van der Waals surface area contributed by atoms with E-state index in [0.717, 1.165) is 5.69 Å². The summed E-state index contributed by atoms with van der Waals surface area (Å²) in [4.78, 5) is 4.14. The zero-order chi connectivity index (χ0) is 10.5. The molecule has 0 radical (unpaired) electrons. The zero-order valence-electron chi connectivity index (χ0n) is 8.04. The van der Waals surface area contributed by atoms with E-state index in [2.05, 4.69) is 11.1 Å². The Kier molecular flexibility index (Phi) is 2.84. The smallest absolute Gasteiger partial charge is 0.241 e. The lowest BCUT2D eigenvalue weighted by atomic mass is 10.0. The van der Waals surface area contributed by atoms with Gasteiger partial charge in [0.15, 0.2) is 0 Å². The summed E-state index contributed by atoms with van der Waals surface area (Å²) in [5.41, 5.74) is 0.749. The first kappa shape index (κ1) is 9.53. The minimum Gasteiger partial charge on any atom is -0.459 e. The maximum absolute atomic E-state index is 9.02. The summed E-state index contributed by atoms with van der Waals surface area (Å²) in [6.45, 7) is 0. The lowest BCUT2D eigenvalue weighted by Gasteiger charge is -2.13. The Balaban J connectivity index is 2.02. The van der Waals surface area contributed by atoms with E-state index in [-0.39, 0.29) is 12.2 Å². The molecule has 76 valence electrons. The van der Waals surface area contributed by atoms with E-state index in [4.69, 9.17) is 14.7 Å². The monoisotopic (exact) mass is 202 g/mol. The Morgan fingerprint density at radius 3 is 2.80 bits per heavy atom. The normalized spacial score (nSPS) is 16.5. The van der Waals surface area contributed by atoms with E-state index in [0.29, 0.717) is 6.42 Å². The minimum absolute atomic E-state index is 0.295. The maximum Gasteiger partial charge on any atom is 0.241 e. The summed E-state index contributed by atoms with van der Waals surface area (Å²) in [6.07, 6.45) is 4.76. The predicted octanol–water partition coefficient (Wildman–Crippen LogP) is 1.92. The molecular weight excluding hydrogens is 192 g/mol. The van der Waals surface area contributed by atoms with Gasteiger partial charge in [0.1, 0.15) is 12.5 Å². The molecule has 1 aliphatic heterocycles. The van der Waals surface area contributed by atoms with Gasteiger partial charge in [0.05, 0.1) is 17.7 Å². The molecule has 0 N–H and O–H groups in total. The van der Waals surface area contributed by atoms with Crippen molar-refractivity contribution in [2.75, 3.05) is 0 Å². The van der Waals surface area contributed by atoms with Crippen molar-refractivity contribution in [1.82, 2.24) is 4.98 Å². The van der Waals surface area contributed by atoms with Gasteiger partial charge in [0, 0.05) is 12.6 Å². The zero-order valence-corrected chi connectivity index (χ0v) is 8.04. The van der Waals surface area contributed by atoms with Crippen molar-refractivity contribution in [3.63, 3.8) is 0 Å². The average molecular weight is 202 g/mol. The lowest BCUT2D eigenvalue weighted by Crippen LogP contribution is -2.13. The van der Waals surface area contributed by atoms with Crippen LogP contribution in [-0.2, 0) is 9.47 Å². The Bertz CT molecular complexity index is 375. The molecule has 0 saturated carbocycles. The quantitative estimate of drug-likeness (QED) is 0.751. The first-order chi connectivity index (χ1) is 7.40. The fourth-order valence-corrected chi connectivity index (χ4v) is 1.40. The first-order valence-corrected chi connectivity index (χ1v) is 4.66. The van der Waals surface area contributed by atoms with Crippen LogP contribution in [0.4, 0.5) is 0 Å². The summed E-state index contributed by atoms with van der Waals surface area (Å²) in [5, 5.41) is 9.02. The van der Waals surface area contributed by atoms with E-state index in [1.807, 2.05) is 18.2 Å². The molecular formula is C11H10N2O2. The van der Waals surface area contributed by atoms with Crippen LogP contribution in [0, 0.1) is 11.3 Å². The average Bonchev–Trinajstić information content (AvgIpc) is 2.80. The third-order valence-corrected chi connectivity index (χ3v) is 2.15. The largest absolute Gasteiger partial charge is 0.459 e. The van der Waals surface area contributed by atoms with Crippen molar-refractivity contribution in [1.29, 1.82) is 5.26 Å². The van der Waals surface area contributed by atoms with Gasteiger partial charge in [-0.2, -0.15) is 5.26 Å². The molecule has 0 spiro atoms. The number of hydrogen-bond donors (Lipinski definition) is 0. The van der Waals surface area contributed by atoms with Crippen molar-refractivity contribution in [2.24, 2.45) is 0 Å². The Hall–Kier alpha value is -2.02. The molecule has 1 aromatic heterocycles. The molecule has 1 atom stereocenters. The standard InChI is InChI=1S/C11H10N2O2/c12-8-9(7-11-14-5-6-15-11)10-3-1-2-4-13-10/h1-6,9,11H,7H2. The van der Waals surface area contributed by atoms with Crippen molar-refractivity contribution in [3.8, 4) is 6.07 Å². The first-order valence-electron chi connectivity index (χ1n) is 4.66. The van der Waals surface area contributed by atoms with Crippen LogP contribution >= 0.6 is 0 Å². The van der Waals surface area contributed by atoms with Gasteiger partial charge < -0.3 is 9.47 Å². The number of nitriles is 1. The fraction of sp³-hybridized carbons (Fsp3) is 0.273. The molecule has 0 bridgehead atoms. The number of ether oxygens (including phenoxy) is 2. The SMILES string of the molecule is N#CC(CC1OC=CO1)c1ccccn1. The van der Waals surface area contributed by atoms with Crippen LogP contribution in [0.1, 0.15) is 18.0 Å². The molecule has 15 heavy (non-hydrogen) atoms. The number of hydrogen-bond acceptors (Lipinski definition) is 4. The van der Waals surface area contributed by atoms with Crippen molar-refractivity contribution in [2.45, 2.75) is 18.6 Å². The third-order valence-electron chi connectivity index (χ3n) is 2.15. The molecule has 2 heterocycles. The molecule has 1 unspecified atom stereocenters. The third kappa shape index (κ3) is 2.26. The topological polar surface area (TPSA) is 55.1 Å². The van der Waals surface area contributed by atoms with Crippen LogP contribution in [0.3, 0.4) is 0 Å². The highest BCUT2D eigenvalue weighted by atomic mass is 16.7. The van der Waals surface area contributed by atoms with E-state index in [1.165, 1.54) is 12.5 Å². The summed E-state index contributed by atoms with van der Waals surface area (Å²) < 4.78 is 10.3. The summed E-state index contributed by atoms with van der Waals surface area (Å²) in [6, 6.07) is 7.71. The predicted molar refractivity (Wildman–Crippen MR) is 52.3 cm³/mol. The molecule has 1 aromatic rings. The van der Waals surface area contributed by atoms with E-state index < -0.39 is 0 Å². The van der Waals surface area contributed by atoms with Crippen molar-refractivity contribution >= 4 is 0 Å². The number of aromatic nitrogens is 1. The van der Waals surface area contributed by atoms with Gasteiger partial charge in [-0.25, -0.2) is 0 Å². The fourth-order valence-electron chi connectivity index (χ4n) is 1.40. The lowest BCUT2D eigenvalue weighted by molar-refractivity contribution is -0.0299. The van der Waals surface area contributed by atoms with Gasteiger partial charge in [0.25, 0.3) is 0 Å². The highest BCUT2D eigenvalue weighted by Crippen LogP contribution is 2.22. The second-order valence-corrected chi connectivity index (χ2v) is 3.15. The molecule has 4 nitrogen and oxygen atoms in total. The van der Waals surface area contributed by atoms with Gasteiger partial charge in [0.2, 0.25) is 6.29 Å². The summed E-state index contributed by atoms with van der Waals surface area (Å²) in [5.74, 6) is -0.295. The van der Waals surface area contributed by atoms with Crippen LogP contribution in [-0.4, -0.2) is 11.3 Å². The molecule has 0 aliphatic carbocycles. The van der Waals surface area contributed by atoms with E-state index >= 15 is 0 Å². The van der Waals surface area contributed by atoms with Gasteiger partial charge in [-0.15, -0.1) is 0 Å². The maximum atomic E-state index is 9.02. The Labute approximate surface area is 87.8 Å². The molecule has 0 aromatic carbocycles. The second-order valence-electron chi connectivity index (χ2n) is 3.15. The number of rotatable bonds is 3. The van der Waals surface area contributed by atoms with Crippen molar-refractivity contribution < 1.29 is 9.47 Å². The van der Waals surface area contributed by atoms with Crippen LogP contribution in [0.25, 0.3) is 0 Å². The molecule has 1 aliphatic rings. The summed E-state index contributed by atoms with van der Waals surface area (Å²) >= 11 is 0. The van der Waals surface area contributed by atoms with Gasteiger partial charge in [-0.1, -0.05) is 6.07 Å². The summed E-state index contributed by atoms with van der Waals surface area (Å²) in [7, 11) is 0. The van der Waals surface area contributed by atoms with Gasteiger partial charge in [-0.05, 0) is 12.1 Å². The number of nitrogens with zero attached hydrogens (tertiary/aromatic N) is 2. The van der Waals surface area contributed by atoms with Crippen LogP contribution in [0.2, 0.25) is 0 Å². The molecule has 4 heteroatoms. The van der Waals surface area contributed by atoms with Crippen molar-refractivity contribution in [3.05, 3.63) is 42.6 Å². The minimum atomic E-state index is -0.364. The van der Waals surface area contributed by atoms with Crippen LogP contribution in [0.5, 0.6) is 0 Å². The van der Waals surface area contributed by atoms with Crippen LogP contribution in [0.15, 0.2) is 36.9 Å². The molecule has 2 rings (SSSR count). The molecule has 0 saturated heterocycles. The molecule has 0 fully saturated rings. The number of pyridine rings is 1. The Morgan fingerprint density at radius 1 is 1.40 bits per heavy atom. The van der Waals surface area contributed by atoms with Crippen LogP contribution < -0.4 is 0 Å². The molecule has 0 amide bonds.